The highest BCUT2D eigenvalue weighted by atomic mass is 16.4. The van der Waals surface area contributed by atoms with Crippen LogP contribution in [-0.4, -0.2) is 34.7 Å². The highest BCUT2D eigenvalue weighted by Gasteiger charge is 2.12. The molecule has 0 fully saturated rings. The summed E-state index contributed by atoms with van der Waals surface area (Å²) in [6.07, 6.45) is 0.885. The van der Waals surface area contributed by atoms with Crippen LogP contribution in [0.1, 0.15) is 18.6 Å². The second-order valence-electron chi connectivity index (χ2n) is 3.57. The number of carbonyl (C=O) groups excluding carboxylic acids is 1. The van der Waals surface area contributed by atoms with E-state index in [2.05, 4.69) is 5.32 Å². The van der Waals surface area contributed by atoms with Crippen molar-refractivity contribution in [1.29, 1.82) is 0 Å². The molecule has 1 heterocycles. The van der Waals surface area contributed by atoms with E-state index in [9.17, 15) is 9.59 Å². The highest BCUT2D eigenvalue weighted by molar-refractivity contribution is 5.76. The van der Waals surface area contributed by atoms with Gasteiger partial charge in [0.05, 0.1) is 6.26 Å². The molecule has 0 saturated carbocycles. The molecule has 6 nitrogen and oxygen atoms in total. The summed E-state index contributed by atoms with van der Waals surface area (Å²) in [5.41, 5.74) is 0. The maximum Gasteiger partial charge on any atom is 0.332 e. The van der Waals surface area contributed by atoms with Gasteiger partial charge in [0.2, 0.25) is 5.91 Å². The lowest BCUT2D eigenvalue weighted by atomic mass is 10.2. The predicted octanol–water partition coefficient (Wildman–Crippen LogP) is 0.164. The van der Waals surface area contributed by atoms with Crippen molar-refractivity contribution in [1.82, 2.24) is 5.32 Å². The molecule has 0 spiro atoms. The third kappa shape index (κ3) is 5.17. The largest absolute Gasteiger partial charge is 0.479 e. The van der Waals surface area contributed by atoms with E-state index in [4.69, 9.17) is 14.6 Å². The number of carboxylic acid groups (broad SMARTS) is 1. The zero-order valence-corrected chi connectivity index (χ0v) is 9.26. The minimum Gasteiger partial charge on any atom is -0.479 e. The summed E-state index contributed by atoms with van der Waals surface area (Å²) in [5.74, 6) is -0.750. The summed E-state index contributed by atoms with van der Waals surface area (Å²) in [5, 5.41) is 19.9. The molecule has 0 bridgehead atoms. The molecular weight excluding hydrogens is 226 g/mol. The molecule has 0 aliphatic heterocycles. The Bertz CT molecular complexity index is 360. The first kappa shape index (κ1) is 13.2. The molecule has 17 heavy (non-hydrogen) atoms. The Morgan fingerprint density at radius 3 is 2.82 bits per heavy atom. The normalized spacial score (nSPS) is 12.1. The molecule has 3 N–H and O–H groups in total. The fourth-order valence-corrected chi connectivity index (χ4v) is 1.25. The maximum atomic E-state index is 11.3. The van der Waals surface area contributed by atoms with Crippen LogP contribution in [0.2, 0.25) is 0 Å². The zero-order chi connectivity index (χ0) is 12.7. The van der Waals surface area contributed by atoms with Crippen molar-refractivity contribution in [3.63, 3.8) is 0 Å². The third-order valence-electron chi connectivity index (χ3n) is 2.20. The van der Waals surface area contributed by atoms with Crippen molar-refractivity contribution in [2.24, 2.45) is 0 Å². The van der Waals surface area contributed by atoms with Gasteiger partial charge in [0, 0.05) is 25.8 Å². The summed E-state index contributed by atoms with van der Waals surface area (Å²) in [6.45, 7) is 0.143. The number of aliphatic carboxylic acids is 1. The Morgan fingerprint density at radius 2 is 2.24 bits per heavy atom. The van der Waals surface area contributed by atoms with Crippen LogP contribution in [0.25, 0.3) is 0 Å². The summed E-state index contributed by atoms with van der Waals surface area (Å²) in [4.78, 5) is 21.6. The van der Waals surface area contributed by atoms with Crippen molar-refractivity contribution < 1.29 is 24.2 Å². The van der Waals surface area contributed by atoms with E-state index in [-0.39, 0.29) is 25.3 Å². The van der Waals surface area contributed by atoms with Crippen LogP contribution in [0.3, 0.4) is 0 Å². The molecule has 1 aromatic rings. The SMILES string of the molecule is O=C(CCc1ccco1)NCC[C@H](O)C(=O)O. The number of rotatable bonds is 7. The molecule has 6 heteroatoms. The number of nitrogens with one attached hydrogen (secondary N) is 1. The Labute approximate surface area is 98.2 Å². The first-order valence-corrected chi connectivity index (χ1v) is 5.29. The minimum absolute atomic E-state index is 0.00181. The van der Waals surface area contributed by atoms with E-state index in [0.717, 1.165) is 5.76 Å². The second kappa shape index (κ2) is 6.70. The molecule has 1 rings (SSSR count). The molecule has 94 valence electrons. The fraction of sp³-hybridized carbons (Fsp3) is 0.455. The molecule has 1 aromatic heterocycles. The van der Waals surface area contributed by atoms with Gasteiger partial charge in [0.1, 0.15) is 5.76 Å². The number of hydrogen-bond acceptors (Lipinski definition) is 4. The molecule has 0 radical (unpaired) electrons. The van der Waals surface area contributed by atoms with Crippen LogP contribution < -0.4 is 5.32 Å². The summed E-state index contributed by atoms with van der Waals surface area (Å²) in [7, 11) is 0. The van der Waals surface area contributed by atoms with E-state index in [0.29, 0.717) is 6.42 Å². The van der Waals surface area contributed by atoms with E-state index in [1.54, 1.807) is 12.1 Å². The number of furan rings is 1. The van der Waals surface area contributed by atoms with Gasteiger partial charge in [-0.25, -0.2) is 4.79 Å². The van der Waals surface area contributed by atoms with E-state index in [1.165, 1.54) is 6.26 Å². The number of hydrogen-bond donors (Lipinski definition) is 3. The molecule has 0 aliphatic rings. The maximum absolute atomic E-state index is 11.3. The molecule has 0 aromatic carbocycles. The molecule has 0 unspecified atom stereocenters. The summed E-state index contributed by atoms with van der Waals surface area (Å²) < 4.78 is 5.06. The van der Waals surface area contributed by atoms with Gasteiger partial charge in [-0.3, -0.25) is 4.79 Å². The number of carboxylic acids is 1. The van der Waals surface area contributed by atoms with Gasteiger partial charge in [-0.05, 0) is 12.1 Å². The monoisotopic (exact) mass is 241 g/mol. The second-order valence-corrected chi connectivity index (χ2v) is 3.57. The average Bonchev–Trinajstić information content (AvgIpc) is 2.78. The van der Waals surface area contributed by atoms with Gasteiger partial charge in [0.15, 0.2) is 6.10 Å². The van der Waals surface area contributed by atoms with Crippen molar-refractivity contribution >= 4 is 11.9 Å². The lowest BCUT2D eigenvalue weighted by Crippen LogP contribution is -2.30. The summed E-state index contributed by atoms with van der Waals surface area (Å²) >= 11 is 0. The van der Waals surface area contributed by atoms with E-state index in [1.807, 2.05) is 0 Å². The van der Waals surface area contributed by atoms with E-state index < -0.39 is 12.1 Å². The van der Waals surface area contributed by atoms with Gasteiger partial charge >= 0.3 is 5.97 Å². The molecule has 0 aliphatic carbocycles. The smallest absolute Gasteiger partial charge is 0.332 e. The van der Waals surface area contributed by atoms with Gasteiger partial charge in [-0.2, -0.15) is 0 Å². The van der Waals surface area contributed by atoms with Crippen molar-refractivity contribution in [2.45, 2.75) is 25.4 Å². The van der Waals surface area contributed by atoms with Crippen LogP contribution in [-0.2, 0) is 16.0 Å². The number of amides is 1. The number of aryl methyl sites for hydroxylation is 1. The fourth-order valence-electron chi connectivity index (χ4n) is 1.25. The van der Waals surface area contributed by atoms with Crippen LogP contribution in [0.15, 0.2) is 22.8 Å². The Morgan fingerprint density at radius 1 is 1.47 bits per heavy atom. The number of carbonyl (C=O) groups is 2. The predicted molar refractivity (Wildman–Crippen MR) is 58.3 cm³/mol. The highest BCUT2D eigenvalue weighted by Crippen LogP contribution is 2.03. The first-order valence-electron chi connectivity index (χ1n) is 5.29. The van der Waals surface area contributed by atoms with Crippen molar-refractivity contribution in [2.75, 3.05) is 6.54 Å². The third-order valence-corrected chi connectivity index (χ3v) is 2.20. The van der Waals surface area contributed by atoms with Gasteiger partial charge in [-0.1, -0.05) is 0 Å². The lowest BCUT2D eigenvalue weighted by Gasteiger charge is -2.06. The Hall–Kier alpha value is -1.82. The summed E-state index contributed by atoms with van der Waals surface area (Å²) in [6, 6.07) is 3.53. The van der Waals surface area contributed by atoms with E-state index >= 15 is 0 Å². The molecule has 1 atom stereocenters. The Balaban J connectivity index is 2.11. The molecular formula is C11H15NO5. The quantitative estimate of drug-likeness (QED) is 0.631. The van der Waals surface area contributed by atoms with Crippen LogP contribution >= 0.6 is 0 Å². The lowest BCUT2D eigenvalue weighted by molar-refractivity contribution is -0.147. The topological polar surface area (TPSA) is 99.8 Å². The van der Waals surface area contributed by atoms with Gasteiger partial charge in [0.25, 0.3) is 0 Å². The zero-order valence-electron chi connectivity index (χ0n) is 9.26. The molecule has 1 amide bonds. The van der Waals surface area contributed by atoms with Crippen molar-refractivity contribution in [3.05, 3.63) is 24.2 Å². The van der Waals surface area contributed by atoms with Crippen molar-refractivity contribution in [3.8, 4) is 0 Å². The first-order chi connectivity index (χ1) is 8.09. The number of aliphatic hydroxyl groups is 1. The average molecular weight is 241 g/mol. The van der Waals surface area contributed by atoms with Crippen LogP contribution in [0, 0.1) is 0 Å². The van der Waals surface area contributed by atoms with Crippen LogP contribution in [0.4, 0.5) is 0 Å². The van der Waals surface area contributed by atoms with Gasteiger partial charge in [-0.15, -0.1) is 0 Å². The van der Waals surface area contributed by atoms with Crippen LogP contribution in [0.5, 0.6) is 0 Å². The van der Waals surface area contributed by atoms with Gasteiger partial charge < -0.3 is 19.9 Å². The Kier molecular flexibility index (Phi) is 5.22. The standard InChI is InChI=1S/C11H15NO5/c13-9(11(15)16)5-6-12-10(14)4-3-8-2-1-7-17-8/h1-2,7,9,13H,3-6H2,(H,12,14)(H,15,16)/t9-/m0/s1. The minimum atomic E-state index is -1.43. The molecule has 0 saturated heterocycles. The number of aliphatic hydroxyl groups excluding tert-OH is 1.